The number of benzene rings is 1. The molecule has 18 heavy (non-hydrogen) atoms. The second kappa shape index (κ2) is 3.23. The first-order chi connectivity index (χ1) is 8.33. The Kier molecular flexibility index (Phi) is 2.06. The van der Waals surface area contributed by atoms with E-state index in [1.54, 1.807) is 0 Å². The summed E-state index contributed by atoms with van der Waals surface area (Å²) in [5.41, 5.74) is 4.54. The molecular formula is C9H4F4N2O2S. The zero-order valence-electron chi connectivity index (χ0n) is 8.42. The van der Waals surface area contributed by atoms with Gasteiger partial charge in [-0.15, -0.1) is 4.89 Å². The van der Waals surface area contributed by atoms with E-state index in [9.17, 15) is 17.6 Å². The monoisotopic (exact) mass is 280 g/mol. The summed E-state index contributed by atoms with van der Waals surface area (Å²) in [5, 5.41) is 0.00371. The van der Waals surface area contributed by atoms with Crippen molar-refractivity contribution in [1.82, 2.24) is 4.98 Å². The number of hydrogen-bond acceptors (Lipinski definition) is 5. The van der Waals surface area contributed by atoms with Gasteiger partial charge in [0.1, 0.15) is 0 Å². The third-order valence-corrected chi connectivity index (χ3v) is 3.37. The number of anilines is 1. The lowest BCUT2D eigenvalue weighted by Crippen LogP contribution is -2.44. The molecule has 0 radical (unpaired) electrons. The Morgan fingerprint density at radius 3 is 2.67 bits per heavy atom. The second-order valence-corrected chi connectivity index (χ2v) is 4.63. The summed E-state index contributed by atoms with van der Waals surface area (Å²) in [4.78, 5) is 11.4. The first-order valence-corrected chi connectivity index (χ1v) is 5.45. The number of halogens is 4. The standard InChI is InChI=1S/C9H4F4N2O2S/c10-8(11)5-4(16-17-9(8,12)13)2-1-3-6(5)18-7(14)15-3/h1-2H,(H2,14,15). The van der Waals surface area contributed by atoms with Crippen molar-refractivity contribution in [2.45, 2.75) is 12.0 Å². The minimum atomic E-state index is -4.74. The summed E-state index contributed by atoms with van der Waals surface area (Å²) in [6, 6.07) is 2.42. The van der Waals surface area contributed by atoms with Crippen LogP contribution >= 0.6 is 11.3 Å². The van der Waals surface area contributed by atoms with Crippen molar-refractivity contribution < 1.29 is 27.3 Å². The average Bonchev–Trinajstić information content (AvgIpc) is 2.63. The zero-order valence-corrected chi connectivity index (χ0v) is 9.23. The number of nitrogens with two attached hydrogens (primary N) is 1. The van der Waals surface area contributed by atoms with Crippen LogP contribution in [0.25, 0.3) is 10.2 Å². The summed E-state index contributed by atoms with van der Waals surface area (Å²) in [6.07, 6.45) is -4.74. The number of thiazole rings is 1. The Bertz CT molecular complexity index is 643. The third kappa shape index (κ3) is 1.31. The first-order valence-electron chi connectivity index (χ1n) is 4.64. The van der Waals surface area contributed by atoms with Crippen molar-refractivity contribution in [2.24, 2.45) is 0 Å². The molecule has 9 heteroatoms. The lowest BCUT2D eigenvalue weighted by molar-refractivity contribution is -0.466. The molecule has 2 heterocycles. The molecule has 0 amide bonds. The van der Waals surface area contributed by atoms with Gasteiger partial charge in [0.25, 0.3) is 0 Å². The minimum Gasteiger partial charge on any atom is -0.375 e. The Hall–Kier alpha value is -1.61. The van der Waals surface area contributed by atoms with Crippen LogP contribution in [0.5, 0.6) is 5.75 Å². The van der Waals surface area contributed by atoms with Crippen molar-refractivity contribution >= 4 is 26.7 Å². The van der Waals surface area contributed by atoms with E-state index in [0.29, 0.717) is 11.3 Å². The summed E-state index contributed by atoms with van der Waals surface area (Å²) < 4.78 is 53.4. The number of hydrogen-bond donors (Lipinski definition) is 1. The lowest BCUT2D eigenvalue weighted by Gasteiger charge is -2.30. The molecule has 2 N–H and O–H groups in total. The maximum Gasteiger partial charge on any atom is 0.459 e. The van der Waals surface area contributed by atoms with Gasteiger partial charge in [-0.2, -0.15) is 17.6 Å². The van der Waals surface area contributed by atoms with Crippen molar-refractivity contribution in [1.29, 1.82) is 0 Å². The van der Waals surface area contributed by atoms with Gasteiger partial charge >= 0.3 is 12.0 Å². The molecule has 0 saturated carbocycles. The van der Waals surface area contributed by atoms with Gasteiger partial charge in [0.15, 0.2) is 10.9 Å². The second-order valence-electron chi connectivity index (χ2n) is 3.60. The van der Waals surface area contributed by atoms with Gasteiger partial charge in [0, 0.05) is 0 Å². The highest BCUT2D eigenvalue weighted by molar-refractivity contribution is 7.22. The molecule has 1 aromatic carbocycles. The summed E-state index contributed by atoms with van der Waals surface area (Å²) in [6.45, 7) is 0. The number of nitrogen functional groups attached to an aromatic ring is 1. The Labute approximate surface area is 101 Å². The van der Waals surface area contributed by atoms with Gasteiger partial charge in [-0.25, -0.2) is 4.98 Å². The van der Waals surface area contributed by atoms with Crippen LogP contribution in [-0.2, 0) is 10.8 Å². The highest BCUT2D eigenvalue weighted by Gasteiger charge is 2.65. The predicted octanol–water partition coefficient (Wildman–Crippen LogP) is 2.89. The summed E-state index contributed by atoms with van der Waals surface area (Å²) in [5.74, 6) is -4.99. The smallest absolute Gasteiger partial charge is 0.375 e. The fourth-order valence-electron chi connectivity index (χ4n) is 1.65. The number of rotatable bonds is 0. The molecular weight excluding hydrogens is 276 g/mol. The molecule has 0 fully saturated rings. The number of aromatic nitrogens is 1. The summed E-state index contributed by atoms with van der Waals surface area (Å²) >= 11 is 0.688. The van der Waals surface area contributed by atoms with Gasteiger partial charge in [-0.3, -0.25) is 0 Å². The fraction of sp³-hybridized carbons (Fsp3) is 0.222. The quantitative estimate of drug-likeness (QED) is 0.595. The van der Waals surface area contributed by atoms with E-state index in [1.807, 2.05) is 0 Å². The Morgan fingerprint density at radius 2 is 1.94 bits per heavy atom. The maximum atomic E-state index is 13.7. The molecule has 3 rings (SSSR count). The topological polar surface area (TPSA) is 57.4 Å². The minimum absolute atomic E-state index is 0.00371. The van der Waals surface area contributed by atoms with Crippen LogP contribution in [0.4, 0.5) is 22.7 Å². The van der Waals surface area contributed by atoms with E-state index >= 15 is 0 Å². The van der Waals surface area contributed by atoms with E-state index in [0.717, 1.165) is 6.07 Å². The number of alkyl halides is 4. The molecule has 1 aliphatic heterocycles. The highest BCUT2D eigenvalue weighted by Crippen LogP contribution is 2.53. The number of fused-ring (bicyclic) bond motifs is 3. The van der Waals surface area contributed by atoms with Gasteiger partial charge < -0.3 is 10.6 Å². The van der Waals surface area contributed by atoms with Crippen LogP contribution in [0.15, 0.2) is 12.1 Å². The van der Waals surface area contributed by atoms with Crippen LogP contribution in [0.1, 0.15) is 5.56 Å². The van der Waals surface area contributed by atoms with Gasteiger partial charge in [0.05, 0.1) is 15.8 Å². The van der Waals surface area contributed by atoms with Crippen molar-refractivity contribution in [2.75, 3.05) is 5.73 Å². The van der Waals surface area contributed by atoms with Gasteiger partial charge in [0.2, 0.25) is 0 Å². The molecule has 0 saturated heterocycles. The number of nitrogens with zero attached hydrogens (tertiary/aromatic N) is 1. The highest BCUT2D eigenvalue weighted by atomic mass is 32.1. The molecule has 0 unspecified atom stereocenters. The van der Waals surface area contributed by atoms with Gasteiger partial charge in [-0.1, -0.05) is 11.3 Å². The molecule has 0 spiro atoms. The van der Waals surface area contributed by atoms with Crippen LogP contribution < -0.4 is 10.6 Å². The van der Waals surface area contributed by atoms with Crippen molar-refractivity contribution in [3.8, 4) is 5.75 Å². The first kappa shape index (κ1) is 11.5. The van der Waals surface area contributed by atoms with Crippen molar-refractivity contribution in [3.05, 3.63) is 17.7 Å². The third-order valence-electron chi connectivity index (χ3n) is 2.45. The molecule has 4 nitrogen and oxygen atoms in total. The van der Waals surface area contributed by atoms with Crippen molar-refractivity contribution in [3.63, 3.8) is 0 Å². The molecule has 0 aliphatic carbocycles. The van der Waals surface area contributed by atoms with Crippen LogP contribution in [0, 0.1) is 0 Å². The molecule has 0 bridgehead atoms. The van der Waals surface area contributed by atoms with E-state index in [4.69, 9.17) is 5.73 Å². The largest absolute Gasteiger partial charge is 0.459 e. The summed E-state index contributed by atoms with van der Waals surface area (Å²) in [7, 11) is 0. The average molecular weight is 280 g/mol. The van der Waals surface area contributed by atoms with Crippen LogP contribution in [0.3, 0.4) is 0 Å². The van der Waals surface area contributed by atoms with Gasteiger partial charge in [-0.05, 0) is 12.1 Å². The molecule has 1 aliphatic rings. The predicted molar refractivity (Wildman–Crippen MR) is 54.6 cm³/mol. The molecule has 96 valence electrons. The maximum absolute atomic E-state index is 13.7. The van der Waals surface area contributed by atoms with Crippen LogP contribution in [0.2, 0.25) is 0 Å². The zero-order chi connectivity index (χ0) is 13.1. The Balaban J connectivity index is 2.38. The van der Waals surface area contributed by atoms with E-state index in [-0.39, 0.29) is 15.3 Å². The van der Waals surface area contributed by atoms with Crippen LogP contribution in [-0.4, -0.2) is 11.1 Å². The van der Waals surface area contributed by atoms with E-state index in [1.165, 1.54) is 6.07 Å². The fourth-order valence-corrected chi connectivity index (χ4v) is 2.56. The van der Waals surface area contributed by atoms with E-state index in [2.05, 4.69) is 14.8 Å². The molecule has 0 atom stereocenters. The molecule has 1 aromatic heterocycles. The molecule has 2 aromatic rings. The Morgan fingerprint density at radius 1 is 1.22 bits per heavy atom. The SMILES string of the molecule is Nc1nc2ccc3c(c2s1)C(F)(F)C(F)(F)OO3. The van der Waals surface area contributed by atoms with E-state index < -0.39 is 23.3 Å². The lowest BCUT2D eigenvalue weighted by atomic mass is 10.1. The normalized spacial score (nSPS) is 20.4.